The molecule has 0 aliphatic carbocycles. The first-order valence-electron chi connectivity index (χ1n) is 6.20. The van der Waals surface area contributed by atoms with Gasteiger partial charge in [0.1, 0.15) is 6.04 Å². The van der Waals surface area contributed by atoms with Gasteiger partial charge in [0, 0.05) is 12.6 Å². The Morgan fingerprint density at radius 2 is 1.94 bits per heavy atom. The van der Waals surface area contributed by atoms with E-state index in [4.69, 9.17) is 0 Å². The lowest BCUT2D eigenvalue weighted by molar-refractivity contribution is -0.154. The fourth-order valence-electron chi connectivity index (χ4n) is 1.94. The Labute approximate surface area is 105 Å². The van der Waals surface area contributed by atoms with Gasteiger partial charge in [-0.15, -0.1) is 0 Å². The number of hydrogen-bond donors (Lipinski definition) is 1. The van der Waals surface area contributed by atoms with Gasteiger partial charge in [-0.05, 0) is 26.0 Å². The smallest absolute Gasteiger partial charge is 0.309 e. The SMILES string of the molecule is CCC(CC)n1ccc(CC(NC)C(F)(F)F)n1. The number of hydrogen-bond acceptors (Lipinski definition) is 2. The predicted molar refractivity (Wildman–Crippen MR) is 64.5 cm³/mol. The largest absolute Gasteiger partial charge is 0.404 e. The number of likely N-dealkylation sites (N-methyl/N-ethyl adjacent to an activating group) is 1. The molecule has 0 fully saturated rings. The van der Waals surface area contributed by atoms with Crippen molar-refractivity contribution in [2.24, 2.45) is 0 Å². The van der Waals surface area contributed by atoms with Crippen LogP contribution >= 0.6 is 0 Å². The molecule has 104 valence electrons. The zero-order valence-electron chi connectivity index (χ0n) is 11.0. The number of nitrogens with zero attached hydrogens (tertiary/aromatic N) is 2. The third-order valence-corrected chi connectivity index (χ3v) is 3.14. The first kappa shape index (κ1) is 15.0. The summed E-state index contributed by atoms with van der Waals surface area (Å²) in [5.74, 6) is 0. The van der Waals surface area contributed by atoms with Crippen molar-refractivity contribution < 1.29 is 13.2 Å². The van der Waals surface area contributed by atoms with Gasteiger partial charge in [-0.25, -0.2) is 0 Å². The fourth-order valence-corrected chi connectivity index (χ4v) is 1.94. The summed E-state index contributed by atoms with van der Waals surface area (Å²) >= 11 is 0. The molecule has 18 heavy (non-hydrogen) atoms. The van der Waals surface area contributed by atoms with Gasteiger partial charge in [0.25, 0.3) is 0 Å². The van der Waals surface area contributed by atoms with Crippen LogP contribution in [0, 0.1) is 0 Å². The first-order valence-corrected chi connectivity index (χ1v) is 6.20. The van der Waals surface area contributed by atoms with Crippen LogP contribution < -0.4 is 5.32 Å². The van der Waals surface area contributed by atoms with Gasteiger partial charge in [0.05, 0.1) is 11.7 Å². The van der Waals surface area contributed by atoms with Crippen molar-refractivity contribution in [3.63, 3.8) is 0 Å². The Balaban J connectivity index is 2.74. The molecule has 0 aliphatic rings. The van der Waals surface area contributed by atoms with Gasteiger partial charge in [-0.3, -0.25) is 4.68 Å². The minimum absolute atomic E-state index is 0.132. The number of alkyl halides is 3. The molecular formula is C12H20F3N3. The Hall–Kier alpha value is -1.04. The van der Waals surface area contributed by atoms with E-state index in [9.17, 15) is 13.2 Å². The second-order valence-corrected chi connectivity index (χ2v) is 4.34. The third-order valence-electron chi connectivity index (χ3n) is 3.14. The van der Waals surface area contributed by atoms with E-state index in [0.717, 1.165) is 12.8 Å². The maximum absolute atomic E-state index is 12.6. The van der Waals surface area contributed by atoms with Crippen LogP contribution in [-0.4, -0.2) is 29.0 Å². The van der Waals surface area contributed by atoms with Gasteiger partial charge in [-0.1, -0.05) is 13.8 Å². The quantitative estimate of drug-likeness (QED) is 0.855. The lowest BCUT2D eigenvalue weighted by atomic mass is 10.1. The number of nitrogens with one attached hydrogen (secondary N) is 1. The predicted octanol–water partition coefficient (Wildman–Crippen LogP) is 2.94. The van der Waals surface area contributed by atoms with Gasteiger partial charge >= 0.3 is 6.18 Å². The van der Waals surface area contributed by atoms with Crippen molar-refractivity contribution in [1.82, 2.24) is 15.1 Å². The molecule has 0 bridgehead atoms. The molecule has 1 rings (SSSR count). The molecular weight excluding hydrogens is 243 g/mol. The van der Waals surface area contributed by atoms with Crippen LogP contribution in [0.25, 0.3) is 0 Å². The highest BCUT2D eigenvalue weighted by atomic mass is 19.4. The van der Waals surface area contributed by atoms with Crippen LogP contribution in [0.1, 0.15) is 38.4 Å². The van der Waals surface area contributed by atoms with Crippen LogP contribution in [0.2, 0.25) is 0 Å². The highest BCUT2D eigenvalue weighted by Gasteiger charge is 2.38. The third kappa shape index (κ3) is 3.73. The molecule has 0 amide bonds. The molecule has 1 atom stereocenters. The Bertz CT molecular complexity index is 356. The summed E-state index contributed by atoms with van der Waals surface area (Å²) in [6.45, 7) is 4.09. The van der Waals surface area contributed by atoms with E-state index in [1.165, 1.54) is 7.05 Å². The lowest BCUT2D eigenvalue weighted by Crippen LogP contribution is -2.41. The van der Waals surface area contributed by atoms with E-state index in [1.54, 1.807) is 16.9 Å². The van der Waals surface area contributed by atoms with E-state index in [-0.39, 0.29) is 12.5 Å². The van der Waals surface area contributed by atoms with Gasteiger partial charge in [0.15, 0.2) is 0 Å². The highest BCUT2D eigenvalue weighted by Crippen LogP contribution is 2.23. The highest BCUT2D eigenvalue weighted by molar-refractivity contribution is 5.03. The topological polar surface area (TPSA) is 29.9 Å². The number of halogens is 3. The Morgan fingerprint density at radius 3 is 2.39 bits per heavy atom. The van der Waals surface area contributed by atoms with Crippen LogP contribution in [0.15, 0.2) is 12.3 Å². The average Bonchev–Trinajstić information content (AvgIpc) is 2.74. The minimum atomic E-state index is -4.24. The number of rotatable bonds is 6. The zero-order chi connectivity index (χ0) is 13.8. The molecule has 6 heteroatoms. The molecule has 0 saturated carbocycles. The summed E-state index contributed by atoms with van der Waals surface area (Å²) in [7, 11) is 1.32. The minimum Gasteiger partial charge on any atom is -0.309 e. The van der Waals surface area contributed by atoms with Crippen LogP contribution in [0.5, 0.6) is 0 Å². The summed E-state index contributed by atoms with van der Waals surface area (Å²) in [5, 5.41) is 6.51. The molecule has 0 aliphatic heterocycles. The van der Waals surface area contributed by atoms with E-state index >= 15 is 0 Å². The molecule has 1 N–H and O–H groups in total. The Kier molecular flexibility index (Phi) is 5.19. The van der Waals surface area contributed by atoms with Crippen molar-refractivity contribution in [2.45, 2.75) is 51.4 Å². The summed E-state index contributed by atoms with van der Waals surface area (Å²) < 4.78 is 39.6. The van der Waals surface area contributed by atoms with Crippen molar-refractivity contribution in [3.05, 3.63) is 18.0 Å². The maximum Gasteiger partial charge on any atom is 0.404 e. The summed E-state index contributed by atoms with van der Waals surface area (Å²) in [4.78, 5) is 0. The second kappa shape index (κ2) is 6.22. The summed E-state index contributed by atoms with van der Waals surface area (Å²) in [6.07, 6.45) is -0.768. The normalized spacial score (nSPS) is 14.2. The standard InChI is InChI=1S/C12H20F3N3/c1-4-10(5-2)18-7-6-9(17-18)8-11(16-3)12(13,14)15/h6-7,10-11,16H,4-5,8H2,1-3H3. The zero-order valence-corrected chi connectivity index (χ0v) is 11.0. The monoisotopic (exact) mass is 263 g/mol. The first-order chi connectivity index (χ1) is 8.42. The van der Waals surface area contributed by atoms with Crippen molar-refractivity contribution >= 4 is 0 Å². The average molecular weight is 263 g/mol. The van der Waals surface area contributed by atoms with Crippen molar-refractivity contribution in [2.75, 3.05) is 7.05 Å². The molecule has 0 spiro atoms. The van der Waals surface area contributed by atoms with Gasteiger partial charge in [-0.2, -0.15) is 18.3 Å². The second-order valence-electron chi connectivity index (χ2n) is 4.34. The molecule has 1 heterocycles. The molecule has 1 aromatic heterocycles. The van der Waals surface area contributed by atoms with E-state index in [0.29, 0.717) is 5.69 Å². The van der Waals surface area contributed by atoms with Crippen molar-refractivity contribution in [3.8, 4) is 0 Å². The van der Waals surface area contributed by atoms with Gasteiger partial charge < -0.3 is 5.32 Å². The molecule has 0 radical (unpaired) electrons. The van der Waals surface area contributed by atoms with E-state index < -0.39 is 12.2 Å². The Morgan fingerprint density at radius 1 is 1.33 bits per heavy atom. The van der Waals surface area contributed by atoms with E-state index in [2.05, 4.69) is 10.4 Å². The van der Waals surface area contributed by atoms with Crippen LogP contribution in [0.3, 0.4) is 0 Å². The lowest BCUT2D eigenvalue weighted by Gasteiger charge is -2.18. The molecule has 3 nitrogen and oxygen atoms in total. The molecule has 1 unspecified atom stereocenters. The van der Waals surface area contributed by atoms with Crippen LogP contribution in [-0.2, 0) is 6.42 Å². The fraction of sp³-hybridized carbons (Fsp3) is 0.750. The number of aromatic nitrogens is 2. The van der Waals surface area contributed by atoms with Crippen molar-refractivity contribution in [1.29, 1.82) is 0 Å². The summed E-state index contributed by atoms with van der Waals surface area (Å²) in [5.41, 5.74) is 0.471. The molecule has 1 aromatic rings. The molecule has 0 aromatic carbocycles. The summed E-state index contributed by atoms with van der Waals surface area (Å²) in [6, 6.07) is 0.384. The van der Waals surface area contributed by atoms with Crippen LogP contribution in [0.4, 0.5) is 13.2 Å². The van der Waals surface area contributed by atoms with Gasteiger partial charge in [0.2, 0.25) is 0 Å². The van der Waals surface area contributed by atoms with E-state index in [1.807, 2.05) is 13.8 Å². The maximum atomic E-state index is 12.6. The molecule has 0 saturated heterocycles.